The van der Waals surface area contributed by atoms with Crippen molar-refractivity contribution >= 4 is 6.29 Å². The maximum atomic E-state index is 10.7. The molecule has 1 rings (SSSR count). The van der Waals surface area contributed by atoms with Crippen molar-refractivity contribution in [2.45, 2.75) is 25.4 Å². The highest BCUT2D eigenvalue weighted by Gasteiger charge is 2.39. The minimum absolute atomic E-state index is 0.0126. The van der Waals surface area contributed by atoms with Gasteiger partial charge in [-0.05, 0) is 12.8 Å². The summed E-state index contributed by atoms with van der Waals surface area (Å²) in [6, 6.07) is 0. The van der Waals surface area contributed by atoms with Crippen LogP contribution in [0.4, 0.5) is 0 Å². The summed E-state index contributed by atoms with van der Waals surface area (Å²) in [7, 11) is 0. The van der Waals surface area contributed by atoms with Gasteiger partial charge in [-0.1, -0.05) is 6.92 Å². The van der Waals surface area contributed by atoms with Crippen molar-refractivity contribution in [3.63, 3.8) is 0 Å². The van der Waals surface area contributed by atoms with Gasteiger partial charge in [0.05, 0.1) is 0 Å². The van der Waals surface area contributed by atoms with Crippen molar-refractivity contribution in [3.8, 4) is 0 Å². The van der Waals surface area contributed by atoms with Gasteiger partial charge in [-0.3, -0.25) is 0 Å². The van der Waals surface area contributed by atoms with Crippen molar-refractivity contribution in [3.05, 3.63) is 0 Å². The highest BCUT2D eigenvalue weighted by Crippen LogP contribution is 2.30. The highest BCUT2D eigenvalue weighted by atomic mass is 16.5. The molecule has 0 aromatic carbocycles. The number of aliphatic hydroxyl groups is 1. The van der Waals surface area contributed by atoms with E-state index >= 15 is 0 Å². The van der Waals surface area contributed by atoms with Crippen LogP contribution in [-0.2, 0) is 9.53 Å². The molecule has 3 heteroatoms. The van der Waals surface area contributed by atoms with Crippen LogP contribution < -0.4 is 0 Å². The molecule has 0 spiro atoms. The standard InChI is InChI=1S/C8H14O3/c1-7(5-9)8(6-10)3-2-4-11-8/h6-7,9H,2-5H2,1H3. The van der Waals surface area contributed by atoms with Gasteiger partial charge >= 0.3 is 0 Å². The lowest BCUT2D eigenvalue weighted by Crippen LogP contribution is -2.39. The number of aliphatic hydroxyl groups excluding tert-OH is 1. The number of hydrogen-bond acceptors (Lipinski definition) is 3. The van der Waals surface area contributed by atoms with E-state index in [1.807, 2.05) is 6.92 Å². The second-order valence-electron chi connectivity index (χ2n) is 3.11. The average molecular weight is 158 g/mol. The molecule has 1 fully saturated rings. The first-order valence-electron chi connectivity index (χ1n) is 3.96. The Morgan fingerprint density at radius 2 is 2.55 bits per heavy atom. The van der Waals surface area contributed by atoms with Crippen LogP contribution in [0.3, 0.4) is 0 Å². The molecule has 11 heavy (non-hydrogen) atoms. The van der Waals surface area contributed by atoms with Crippen molar-refractivity contribution in [2.24, 2.45) is 5.92 Å². The molecule has 1 saturated heterocycles. The van der Waals surface area contributed by atoms with Crippen molar-refractivity contribution in [1.82, 2.24) is 0 Å². The Morgan fingerprint density at radius 3 is 2.91 bits per heavy atom. The minimum atomic E-state index is -0.686. The zero-order chi connectivity index (χ0) is 8.32. The van der Waals surface area contributed by atoms with Gasteiger partial charge in [0.1, 0.15) is 5.60 Å². The quantitative estimate of drug-likeness (QED) is 0.603. The lowest BCUT2D eigenvalue weighted by molar-refractivity contribution is -0.133. The van der Waals surface area contributed by atoms with E-state index in [1.165, 1.54) is 0 Å². The molecule has 64 valence electrons. The molecule has 0 aromatic rings. The van der Waals surface area contributed by atoms with E-state index < -0.39 is 5.60 Å². The normalized spacial score (nSPS) is 33.6. The largest absolute Gasteiger partial charge is 0.396 e. The van der Waals surface area contributed by atoms with Crippen molar-refractivity contribution in [1.29, 1.82) is 0 Å². The zero-order valence-electron chi connectivity index (χ0n) is 6.75. The molecule has 0 aliphatic carbocycles. The molecule has 0 radical (unpaired) electrons. The lowest BCUT2D eigenvalue weighted by atomic mass is 9.88. The number of aldehydes is 1. The van der Waals surface area contributed by atoms with E-state index in [4.69, 9.17) is 9.84 Å². The van der Waals surface area contributed by atoms with Gasteiger partial charge in [0.25, 0.3) is 0 Å². The first-order valence-corrected chi connectivity index (χ1v) is 3.96. The Kier molecular flexibility index (Phi) is 2.62. The van der Waals surface area contributed by atoms with Gasteiger partial charge in [0.2, 0.25) is 0 Å². The van der Waals surface area contributed by atoms with Crippen molar-refractivity contribution < 1.29 is 14.6 Å². The van der Waals surface area contributed by atoms with Gasteiger partial charge in [-0.2, -0.15) is 0 Å². The fourth-order valence-electron chi connectivity index (χ4n) is 1.44. The smallest absolute Gasteiger partial charge is 0.152 e. The van der Waals surface area contributed by atoms with Crippen LogP contribution >= 0.6 is 0 Å². The van der Waals surface area contributed by atoms with E-state index in [1.54, 1.807) is 0 Å². The Morgan fingerprint density at radius 1 is 1.82 bits per heavy atom. The maximum absolute atomic E-state index is 10.7. The van der Waals surface area contributed by atoms with Crippen molar-refractivity contribution in [2.75, 3.05) is 13.2 Å². The second kappa shape index (κ2) is 3.32. The Hall–Kier alpha value is -0.410. The minimum Gasteiger partial charge on any atom is -0.396 e. The van der Waals surface area contributed by atoms with E-state index in [0.717, 1.165) is 19.1 Å². The maximum Gasteiger partial charge on any atom is 0.152 e. The van der Waals surface area contributed by atoms with Crippen LogP contribution in [0.2, 0.25) is 0 Å². The summed E-state index contributed by atoms with van der Waals surface area (Å²) in [6.07, 6.45) is 2.50. The first-order chi connectivity index (χ1) is 5.25. The predicted octanol–water partition coefficient (Wildman–Crippen LogP) is 0.363. The van der Waals surface area contributed by atoms with E-state index in [2.05, 4.69) is 0 Å². The fourth-order valence-corrected chi connectivity index (χ4v) is 1.44. The number of carbonyl (C=O) groups is 1. The van der Waals surface area contributed by atoms with Crippen LogP contribution in [0.1, 0.15) is 19.8 Å². The number of hydrogen-bond donors (Lipinski definition) is 1. The Bertz CT molecular complexity index is 138. The van der Waals surface area contributed by atoms with Gasteiger partial charge in [0.15, 0.2) is 6.29 Å². The van der Waals surface area contributed by atoms with Gasteiger partial charge in [-0.15, -0.1) is 0 Å². The molecule has 1 aliphatic heterocycles. The summed E-state index contributed by atoms with van der Waals surface area (Å²) in [5.41, 5.74) is -0.686. The van der Waals surface area contributed by atoms with E-state index in [-0.39, 0.29) is 12.5 Å². The van der Waals surface area contributed by atoms with E-state index in [0.29, 0.717) is 6.61 Å². The summed E-state index contributed by atoms with van der Waals surface area (Å²) in [6.45, 7) is 2.49. The molecule has 1 N–H and O–H groups in total. The van der Waals surface area contributed by atoms with Crippen LogP contribution in [0.25, 0.3) is 0 Å². The van der Waals surface area contributed by atoms with E-state index in [9.17, 15) is 4.79 Å². The molecule has 2 atom stereocenters. The molecule has 0 saturated carbocycles. The SMILES string of the molecule is CC(CO)C1(C=O)CCCO1. The highest BCUT2D eigenvalue weighted by molar-refractivity contribution is 5.63. The third kappa shape index (κ3) is 1.44. The Labute approximate surface area is 66.4 Å². The topological polar surface area (TPSA) is 46.5 Å². The molecule has 1 aliphatic rings. The monoisotopic (exact) mass is 158 g/mol. The third-order valence-electron chi connectivity index (χ3n) is 2.39. The number of ether oxygens (including phenoxy) is 1. The third-order valence-corrected chi connectivity index (χ3v) is 2.39. The van der Waals surface area contributed by atoms with Gasteiger partial charge in [0, 0.05) is 19.1 Å². The zero-order valence-corrected chi connectivity index (χ0v) is 6.75. The van der Waals surface area contributed by atoms with Crippen LogP contribution in [0, 0.1) is 5.92 Å². The molecule has 0 amide bonds. The van der Waals surface area contributed by atoms with Crippen LogP contribution in [0.5, 0.6) is 0 Å². The predicted molar refractivity (Wildman–Crippen MR) is 40.2 cm³/mol. The molecule has 2 unspecified atom stereocenters. The number of rotatable bonds is 3. The van der Waals surface area contributed by atoms with Gasteiger partial charge < -0.3 is 14.6 Å². The summed E-state index contributed by atoms with van der Waals surface area (Å²) in [5, 5.41) is 8.85. The molecule has 0 aromatic heterocycles. The average Bonchev–Trinajstić information content (AvgIpc) is 2.52. The molecular formula is C8H14O3. The second-order valence-corrected chi connectivity index (χ2v) is 3.11. The van der Waals surface area contributed by atoms with Gasteiger partial charge in [-0.25, -0.2) is 0 Å². The van der Waals surface area contributed by atoms with Crippen LogP contribution in [0.15, 0.2) is 0 Å². The number of carbonyl (C=O) groups excluding carboxylic acids is 1. The summed E-state index contributed by atoms with van der Waals surface area (Å²) in [4.78, 5) is 10.7. The lowest BCUT2D eigenvalue weighted by Gasteiger charge is -2.27. The molecule has 0 bridgehead atoms. The summed E-state index contributed by atoms with van der Waals surface area (Å²) >= 11 is 0. The summed E-state index contributed by atoms with van der Waals surface area (Å²) in [5.74, 6) is -0.0810. The Balaban J connectivity index is 2.65. The van der Waals surface area contributed by atoms with Crippen LogP contribution in [-0.4, -0.2) is 30.2 Å². The summed E-state index contributed by atoms with van der Waals surface area (Å²) < 4.78 is 5.31. The fraction of sp³-hybridized carbons (Fsp3) is 0.875. The molecule has 1 heterocycles. The molecule has 3 nitrogen and oxygen atoms in total. The first kappa shape index (κ1) is 8.68. The molecular weight excluding hydrogens is 144 g/mol.